The quantitative estimate of drug-likeness (QED) is 0.252. The van der Waals surface area contributed by atoms with Crippen molar-refractivity contribution < 1.29 is 27.4 Å². The number of methoxy groups -OCH3 is 1. The molecule has 0 saturated heterocycles. The van der Waals surface area contributed by atoms with Gasteiger partial charge in [0.15, 0.2) is 17.0 Å². The van der Waals surface area contributed by atoms with E-state index < -0.39 is 16.8 Å². The molecule has 176 valence electrons. The smallest absolute Gasteiger partial charge is 0.433 e. The van der Waals surface area contributed by atoms with Crippen LogP contribution in [0, 0.1) is 10.1 Å². The second-order valence-electron chi connectivity index (χ2n) is 7.28. The predicted octanol–water partition coefficient (Wildman–Crippen LogP) is 5.05. The number of halogens is 3. The van der Waals surface area contributed by atoms with E-state index >= 15 is 0 Å². The van der Waals surface area contributed by atoms with Gasteiger partial charge in [-0.2, -0.15) is 23.3 Å². The van der Waals surface area contributed by atoms with E-state index in [1.807, 2.05) is 0 Å². The van der Waals surface area contributed by atoms with E-state index in [1.165, 1.54) is 37.4 Å². The average Bonchev–Trinajstić information content (AvgIpc) is 3.50. The molecular formula is C22H13F3N6O4. The van der Waals surface area contributed by atoms with Crippen LogP contribution in [0.4, 0.5) is 18.9 Å². The average molecular weight is 482 g/mol. The number of nitrogens with zero attached hydrogens (tertiary/aromatic N) is 6. The summed E-state index contributed by atoms with van der Waals surface area (Å²) in [6.07, 6.45) is -4.72. The third kappa shape index (κ3) is 4.14. The topological polar surface area (TPSA) is 121 Å². The summed E-state index contributed by atoms with van der Waals surface area (Å²) in [7, 11) is 1.49. The number of ether oxygens (including phenoxy) is 1. The number of non-ortho nitro benzene ring substituents is 1. The second kappa shape index (κ2) is 8.20. The molecule has 0 radical (unpaired) electrons. The van der Waals surface area contributed by atoms with Gasteiger partial charge in [0.25, 0.3) is 11.6 Å². The zero-order chi connectivity index (χ0) is 24.7. The maximum Gasteiger partial charge on any atom is 0.433 e. The van der Waals surface area contributed by atoms with E-state index in [-0.39, 0.29) is 34.4 Å². The molecule has 2 aromatic carbocycles. The monoisotopic (exact) mass is 482 g/mol. The number of aromatic nitrogens is 5. The van der Waals surface area contributed by atoms with Crippen molar-refractivity contribution in [2.45, 2.75) is 6.18 Å². The van der Waals surface area contributed by atoms with Gasteiger partial charge in [-0.05, 0) is 42.5 Å². The fourth-order valence-corrected chi connectivity index (χ4v) is 3.37. The third-order valence-electron chi connectivity index (χ3n) is 5.08. The molecule has 0 aliphatic rings. The number of rotatable bonds is 5. The van der Waals surface area contributed by atoms with Crippen LogP contribution in [0.3, 0.4) is 0 Å². The highest BCUT2D eigenvalue weighted by Crippen LogP contribution is 2.34. The van der Waals surface area contributed by atoms with Gasteiger partial charge in [0.1, 0.15) is 5.75 Å². The van der Waals surface area contributed by atoms with Crippen LogP contribution in [0.1, 0.15) is 5.69 Å². The Morgan fingerprint density at radius 1 is 0.971 bits per heavy atom. The lowest BCUT2D eigenvalue weighted by Crippen LogP contribution is -2.13. The summed E-state index contributed by atoms with van der Waals surface area (Å²) >= 11 is 0. The van der Waals surface area contributed by atoms with Crippen LogP contribution in [-0.2, 0) is 6.18 Å². The van der Waals surface area contributed by atoms with Gasteiger partial charge in [-0.25, -0.2) is 9.50 Å². The molecule has 0 amide bonds. The minimum Gasteiger partial charge on any atom is -0.497 e. The lowest BCUT2D eigenvalue weighted by molar-refractivity contribution is -0.384. The summed E-state index contributed by atoms with van der Waals surface area (Å²) < 4.78 is 52.5. The molecule has 3 heterocycles. The molecular weight excluding hydrogens is 469 g/mol. The summed E-state index contributed by atoms with van der Waals surface area (Å²) in [5.41, 5.74) is -0.265. The Bertz CT molecular complexity index is 1540. The Morgan fingerprint density at radius 3 is 2.29 bits per heavy atom. The Labute approximate surface area is 193 Å². The molecule has 10 nitrogen and oxygen atoms in total. The number of alkyl halides is 3. The number of hydrogen-bond acceptors (Lipinski definition) is 8. The van der Waals surface area contributed by atoms with E-state index in [1.54, 1.807) is 24.3 Å². The zero-order valence-corrected chi connectivity index (χ0v) is 17.7. The van der Waals surface area contributed by atoms with Crippen molar-refractivity contribution in [2.75, 3.05) is 7.11 Å². The fraction of sp³-hybridized carbons (Fsp3) is 0.0909. The molecule has 0 aliphatic carbocycles. The summed E-state index contributed by atoms with van der Waals surface area (Å²) in [5.74, 6) is 0.510. The molecule has 35 heavy (non-hydrogen) atoms. The van der Waals surface area contributed by atoms with Crippen molar-refractivity contribution in [3.63, 3.8) is 0 Å². The van der Waals surface area contributed by atoms with Crippen LogP contribution in [0.15, 0.2) is 65.2 Å². The molecule has 5 rings (SSSR count). The van der Waals surface area contributed by atoms with Gasteiger partial charge in [-0.3, -0.25) is 10.1 Å². The van der Waals surface area contributed by atoms with Gasteiger partial charge in [0.2, 0.25) is 5.82 Å². The summed E-state index contributed by atoms with van der Waals surface area (Å²) in [4.78, 5) is 18.8. The van der Waals surface area contributed by atoms with Crippen LogP contribution in [-0.4, -0.2) is 36.8 Å². The molecule has 3 aromatic heterocycles. The molecule has 13 heteroatoms. The Kier molecular flexibility index (Phi) is 5.16. The Balaban J connectivity index is 1.56. The molecule has 0 unspecified atom stereocenters. The van der Waals surface area contributed by atoms with Gasteiger partial charge < -0.3 is 9.26 Å². The van der Waals surface area contributed by atoms with Gasteiger partial charge in [0, 0.05) is 29.3 Å². The molecule has 0 N–H and O–H groups in total. The number of nitro benzene ring substituents is 1. The van der Waals surface area contributed by atoms with E-state index in [9.17, 15) is 23.3 Å². The van der Waals surface area contributed by atoms with E-state index in [4.69, 9.17) is 9.26 Å². The highest BCUT2D eigenvalue weighted by atomic mass is 19.4. The van der Waals surface area contributed by atoms with E-state index in [0.717, 1.165) is 6.07 Å². The highest BCUT2D eigenvalue weighted by Gasteiger charge is 2.35. The molecule has 0 aliphatic heterocycles. The van der Waals surface area contributed by atoms with Crippen molar-refractivity contribution in [1.82, 2.24) is 24.7 Å². The maximum atomic E-state index is 13.9. The van der Waals surface area contributed by atoms with Gasteiger partial charge in [0.05, 0.1) is 17.7 Å². The molecule has 0 saturated carbocycles. The molecule has 0 bridgehead atoms. The molecule has 0 fully saturated rings. The van der Waals surface area contributed by atoms with Crippen LogP contribution in [0.25, 0.3) is 39.9 Å². The SMILES string of the molecule is COc1ccc(-c2cc(C(F)(F)F)n3nc(-c4nc(-c5ccc([N+](=O)[O-])cc5)no4)cc3n2)cc1. The molecule has 5 aromatic rings. The van der Waals surface area contributed by atoms with Crippen LogP contribution >= 0.6 is 0 Å². The molecule has 0 atom stereocenters. The van der Waals surface area contributed by atoms with Gasteiger partial charge in [-0.15, -0.1) is 0 Å². The van der Waals surface area contributed by atoms with Gasteiger partial charge >= 0.3 is 6.18 Å². The lowest BCUT2D eigenvalue weighted by atomic mass is 10.1. The summed E-state index contributed by atoms with van der Waals surface area (Å²) in [6.45, 7) is 0. The summed E-state index contributed by atoms with van der Waals surface area (Å²) in [6, 6.07) is 14.1. The van der Waals surface area contributed by atoms with Crippen molar-refractivity contribution >= 4 is 11.3 Å². The van der Waals surface area contributed by atoms with Crippen LogP contribution in [0.2, 0.25) is 0 Å². The Morgan fingerprint density at radius 2 is 1.66 bits per heavy atom. The van der Waals surface area contributed by atoms with Crippen molar-refractivity contribution in [3.8, 4) is 40.0 Å². The van der Waals surface area contributed by atoms with Crippen molar-refractivity contribution in [1.29, 1.82) is 0 Å². The number of fused-ring (bicyclic) bond motifs is 1. The first-order valence-corrected chi connectivity index (χ1v) is 9.94. The summed E-state index contributed by atoms with van der Waals surface area (Å²) in [5, 5.41) is 18.6. The first-order chi connectivity index (χ1) is 16.7. The fourth-order valence-electron chi connectivity index (χ4n) is 3.37. The predicted molar refractivity (Wildman–Crippen MR) is 115 cm³/mol. The van der Waals surface area contributed by atoms with Crippen molar-refractivity contribution in [2.24, 2.45) is 0 Å². The van der Waals surface area contributed by atoms with E-state index in [2.05, 4.69) is 20.2 Å². The number of nitro groups is 1. The van der Waals surface area contributed by atoms with Crippen LogP contribution in [0.5, 0.6) is 5.75 Å². The maximum absolute atomic E-state index is 13.9. The largest absolute Gasteiger partial charge is 0.497 e. The first-order valence-electron chi connectivity index (χ1n) is 9.94. The first kappa shape index (κ1) is 22.0. The zero-order valence-electron chi connectivity index (χ0n) is 17.7. The third-order valence-corrected chi connectivity index (χ3v) is 5.08. The highest BCUT2D eigenvalue weighted by molar-refractivity contribution is 5.66. The number of hydrogen-bond donors (Lipinski definition) is 0. The van der Waals surface area contributed by atoms with E-state index in [0.29, 0.717) is 21.4 Å². The van der Waals surface area contributed by atoms with Gasteiger partial charge in [-0.1, -0.05) is 5.16 Å². The minimum atomic E-state index is -4.72. The Hall–Kier alpha value is -4.81. The van der Waals surface area contributed by atoms with Crippen LogP contribution < -0.4 is 4.74 Å². The lowest BCUT2D eigenvalue weighted by Gasteiger charge is -2.11. The molecule has 0 spiro atoms. The minimum absolute atomic E-state index is 0.0180. The van der Waals surface area contributed by atoms with Crippen molar-refractivity contribution in [3.05, 3.63) is 76.5 Å². The number of benzene rings is 2. The standard InChI is InChI=1S/C22H13F3N6O4/c1-34-15-8-4-12(5-9-15)16-10-18(22(23,24)25)30-19(26-16)11-17(28-30)21-27-20(29-35-21)13-2-6-14(7-3-13)31(32)33/h2-11H,1H3. The second-order valence-corrected chi connectivity index (χ2v) is 7.28. The normalized spacial score (nSPS) is 11.7.